The van der Waals surface area contributed by atoms with Crippen LogP contribution in [0.2, 0.25) is 0 Å². The van der Waals surface area contributed by atoms with Gasteiger partial charge in [0.1, 0.15) is 17.5 Å². The van der Waals surface area contributed by atoms with E-state index in [0.29, 0.717) is 41.1 Å². The van der Waals surface area contributed by atoms with Crippen molar-refractivity contribution in [3.05, 3.63) is 65.5 Å². The molecule has 2 aliphatic rings. The summed E-state index contributed by atoms with van der Waals surface area (Å²) in [6.45, 7) is 0.600. The summed E-state index contributed by atoms with van der Waals surface area (Å²) in [6.07, 6.45) is 3.54. The van der Waals surface area contributed by atoms with Gasteiger partial charge in [0, 0.05) is 41.1 Å². The third-order valence-electron chi connectivity index (χ3n) is 6.43. The van der Waals surface area contributed by atoms with Gasteiger partial charge in [-0.2, -0.15) is 0 Å². The van der Waals surface area contributed by atoms with Gasteiger partial charge in [0.15, 0.2) is 5.82 Å². The Morgan fingerprint density at radius 3 is 2.69 bits per heavy atom. The second kappa shape index (κ2) is 7.84. The van der Waals surface area contributed by atoms with Gasteiger partial charge in [-0.3, -0.25) is 9.52 Å². The van der Waals surface area contributed by atoms with Gasteiger partial charge in [-0.1, -0.05) is 18.6 Å². The fourth-order valence-electron chi connectivity index (χ4n) is 4.78. The lowest BCUT2D eigenvalue weighted by atomic mass is 10.1. The molecule has 35 heavy (non-hydrogen) atoms. The number of halogens is 2. The summed E-state index contributed by atoms with van der Waals surface area (Å²) < 4.78 is 60.3. The van der Waals surface area contributed by atoms with Gasteiger partial charge in [0.25, 0.3) is 15.9 Å². The van der Waals surface area contributed by atoms with E-state index in [2.05, 4.69) is 20.2 Å². The van der Waals surface area contributed by atoms with E-state index in [1.165, 1.54) is 12.1 Å². The molecule has 178 valence electrons. The number of amides is 1. The van der Waals surface area contributed by atoms with Crippen LogP contribution in [-0.2, 0) is 23.0 Å². The van der Waals surface area contributed by atoms with Crippen LogP contribution in [0.15, 0.2) is 47.4 Å². The number of rotatable bonds is 4. The Kier molecular flexibility index (Phi) is 4.85. The highest BCUT2D eigenvalue weighted by Crippen LogP contribution is 2.37. The molecule has 0 saturated heterocycles. The van der Waals surface area contributed by atoms with Gasteiger partial charge in [-0.15, -0.1) is 10.2 Å². The molecule has 1 aromatic heterocycles. The molecule has 0 unspecified atom stereocenters. The molecule has 3 heterocycles. The Morgan fingerprint density at radius 2 is 1.83 bits per heavy atom. The molecule has 11 heteroatoms. The molecule has 0 atom stereocenters. The van der Waals surface area contributed by atoms with Gasteiger partial charge in [0.2, 0.25) is 0 Å². The molecule has 0 fully saturated rings. The van der Waals surface area contributed by atoms with Crippen molar-refractivity contribution >= 4 is 38.1 Å². The van der Waals surface area contributed by atoms with Crippen LogP contribution in [0.3, 0.4) is 0 Å². The number of nitrogens with zero attached hydrogens (tertiary/aromatic N) is 3. The molecule has 0 saturated carbocycles. The number of benzene rings is 3. The lowest BCUT2D eigenvalue weighted by molar-refractivity contribution is 0.103. The molecular formula is C24H19F2N5O3S. The lowest BCUT2D eigenvalue weighted by Crippen LogP contribution is -2.15. The van der Waals surface area contributed by atoms with Crippen LogP contribution in [0.1, 0.15) is 35.4 Å². The summed E-state index contributed by atoms with van der Waals surface area (Å²) in [6, 6.07) is 9.34. The van der Waals surface area contributed by atoms with E-state index in [9.17, 15) is 22.0 Å². The molecule has 1 amide bonds. The first-order chi connectivity index (χ1) is 16.8. The molecule has 3 aromatic carbocycles. The van der Waals surface area contributed by atoms with E-state index in [4.69, 9.17) is 0 Å². The minimum Gasteiger partial charge on any atom is -0.321 e. The van der Waals surface area contributed by atoms with Crippen LogP contribution in [0.5, 0.6) is 0 Å². The minimum absolute atomic E-state index is 0.0417. The molecule has 0 bridgehead atoms. The Balaban J connectivity index is 1.43. The van der Waals surface area contributed by atoms with Crippen molar-refractivity contribution in [2.45, 2.75) is 37.1 Å². The summed E-state index contributed by atoms with van der Waals surface area (Å²) in [5.74, 6) is -1.29. The number of aromatic nitrogens is 3. The Bertz CT molecular complexity index is 1650. The summed E-state index contributed by atoms with van der Waals surface area (Å²) in [4.78, 5) is 12.0. The number of anilines is 2. The van der Waals surface area contributed by atoms with Crippen molar-refractivity contribution in [3.63, 3.8) is 0 Å². The minimum atomic E-state index is -4.30. The first-order valence-corrected chi connectivity index (χ1v) is 12.6. The molecule has 0 aliphatic carbocycles. The van der Waals surface area contributed by atoms with Gasteiger partial charge in [-0.25, -0.2) is 17.2 Å². The summed E-state index contributed by atoms with van der Waals surface area (Å²) >= 11 is 0. The first-order valence-electron chi connectivity index (χ1n) is 11.1. The van der Waals surface area contributed by atoms with Crippen LogP contribution in [0.4, 0.5) is 20.2 Å². The van der Waals surface area contributed by atoms with Crippen molar-refractivity contribution in [3.8, 4) is 11.4 Å². The average Bonchev–Trinajstić information content (AvgIpc) is 3.28. The van der Waals surface area contributed by atoms with Crippen LogP contribution in [-0.4, -0.2) is 29.1 Å². The first kappa shape index (κ1) is 21.7. The van der Waals surface area contributed by atoms with Gasteiger partial charge in [0.05, 0.1) is 16.1 Å². The number of aryl methyl sites for hydroxylation is 1. The number of carbonyl (C=O) groups excluding carboxylic acids is 1. The Hall–Kier alpha value is -3.86. The third-order valence-corrected chi connectivity index (χ3v) is 7.86. The third kappa shape index (κ3) is 3.45. The van der Waals surface area contributed by atoms with Crippen LogP contribution < -0.4 is 10.0 Å². The summed E-state index contributed by atoms with van der Waals surface area (Å²) in [7, 11) is -4.30. The van der Waals surface area contributed by atoms with Crippen LogP contribution >= 0.6 is 0 Å². The zero-order chi connectivity index (χ0) is 24.3. The van der Waals surface area contributed by atoms with Gasteiger partial charge in [-0.05, 0) is 37.1 Å². The highest BCUT2D eigenvalue weighted by molar-refractivity contribution is 7.93. The maximum atomic E-state index is 14.8. The van der Waals surface area contributed by atoms with E-state index in [-0.39, 0.29) is 22.2 Å². The van der Waals surface area contributed by atoms with Crippen molar-refractivity contribution in [1.82, 2.24) is 14.8 Å². The second-order valence-electron chi connectivity index (χ2n) is 8.61. The van der Waals surface area contributed by atoms with E-state index in [0.717, 1.165) is 31.2 Å². The predicted molar refractivity (Wildman–Crippen MR) is 126 cm³/mol. The van der Waals surface area contributed by atoms with Crippen molar-refractivity contribution in [2.75, 3.05) is 10.0 Å². The molecule has 0 spiro atoms. The normalized spacial score (nSPS) is 15.1. The maximum Gasteiger partial charge on any atom is 0.262 e. The monoisotopic (exact) mass is 495 g/mol. The fraction of sp³-hybridized carbons (Fsp3) is 0.208. The number of hydrogen-bond donors (Lipinski definition) is 2. The topological polar surface area (TPSA) is 106 Å². The fourth-order valence-corrected chi connectivity index (χ4v) is 6.04. The molecule has 0 radical (unpaired) electrons. The van der Waals surface area contributed by atoms with E-state index >= 15 is 0 Å². The number of hydrogen-bond acceptors (Lipinski definition) is 5. The van der Waals surface area contributed by atoms with Crippen molar-refractivity contribution < 1.29 is 22.0 Å². The summed E-state index contributed by atoms with van der Waals surface area (Å²) in [5.41, 5.74) is 0.407. The standard InChI is InChI=1S/C24H19F2N5O3S/c25-16-12-17(26)19(11-15(16)23-29-28-21-7-2-1-3-10-31(21)23)30-35(33,34)20-9-8-18-22-13(20)5-4-6-14(22)24(32)27-18/h4-6,8-9,11-12,30H,1-3,7,10H2,(H,27,32). The zero-order valence-electron chi connectivity index (χ0n) is 18.3. The van der Waals surface area contributed by atoms with E-state index in [1.807, 2.05) is 0 Å². The number of sulfonamides is 1. The predicted octanol–water partition coefficient (Wildman–Crippen LogP) is 4.47. The van der Waals surface area contributed by atoms with Crippen LogP contribution in [0, 0.1) is 11.6 Å². The number of fused-ring (bicyclic) bond motifs is 1. The highest BCUT2D eigenvalue weighted by Gasteiger charge is 2.28. The highest BCUT2D eigenvalue weighted by atomic mass is 32.2. The van der Waals surface area contributed by atoms with Crippen molar-refractivity contribution in [1.29, 1.82) is 0 Å². The summed E-state index contributed by atoms with van der Waals surface area (Å²) in [5, 5.41) is 11.7. The molecule has 2 N–H and O–H groups in total. The smallest absolute Gasteiger partial charge is 0.262 e. The molecule has 8 nitrogen and oxygen atoms in total. The van der Waals surface area contributed by atoms with Gasteiger partial charge >= 0.3 is 0 Å². The van der Waals surface area contributed by atoms with E-state index in [1.54, 1.807) is 22.8 Å². The molecule has 4 aromatic rings. The number of nitrogens with one attached hydrogen (secondary N) is 2. The molecular weight excluding hydrogens is 476 g/mol. The SMILES string of the molecule is O=C1Nc2ccc(S(=O)(=O)Nc3cc(-c4nnc5n4CCCCC5)c(F)cc3F)c3cccc1c23. The lowest BCUT2D eigenvalue weighted by Gasteiger charge is -2.14. The van der Waals surface area contributed by atoms with Gasteiger partial charge < -0.3 is 9.88 Å². The largest absolute Gasteiger partial charge is 0.321 e. The average molecular weight is 496 g/mol. The second-order valence-corrected chi connectivity index (χ2v) is 10.3. The van der Waals surface area contributed by atoms with E-state index < -0.39 is 27.3 Å². The number of carbonyl (C=O) groups is 1. The molecule has 2 aliphatic heterocycles. The zero-order valence-corrected chi connectivity index (χ0v) is 19.1. The Labute approximate surface area is 199 Å². The quantitative estimate of drug-likeness (QED) is 0.435. The Morgan fingerprint density at radius 1 is 0.971 bits per heavy atom. The molecule has 6 rings (SSSR count). The maximum absolute atomic E-state index is 14.8. The van der Waals surface area contributed by atoms with Crippen LogP contribution in [0.25, 0.3) is 22.2 Å². The van der Waals surface area contributed by atoms with Crippen molar-refractivity contribution in [2.24, 2.45) is 0 Å².